The molecule has 2 aromatic carbocycles. The van der Waals surface area contributed by atoms with Gasteiger partial charge < -0.3 is 28.3 Å². The first kappa shape index (κ1) is 20.7. The highest BCUT2D eigenvalue weighted by atomic mass is 16.6. The first-order valence-electron chi connectivity index (χ1n) is 9.86. The van der Waals surface area contributed by atoms with Gasteiger partial charge in [0.1, 0.15) is 22.8 Å². The minimum atomic E-state index is -0.509. The van der Waals surface area contributed by atoms with Crippen LogP contribution < -0.4 is 19.8 Å². The monoisotopic (exact) mass is 425 g/mol. The number of aryl methyl sites for hydroxylation is 1. The largest absolute Gasteiger partial charge is 0.497 e. The average molecular weight is 425 g/mol. The van der Waals surface area contributed by atoms with Gasteiger partial charge >= 0.3 is 11.7 Å². The van der Waals surface area contributed by atoms with E-state index in [0.717, 1.165) is 10.9 Å². The molecule has 1 aliphatic rings. The zero-order valence-electron chi connectivity index (χ0n) is 17.6. The lowest BCUT2D eigenvalue weighted by Gasteiger charge is -2.25. The lowest BCUT2D eigenvalue weighted by atomic mass is 9.98. The van der Waals surface area contributed by atoms with Crippen LogP contribution in [0.3, 0.4) is 0 Å². The lowest BCUT2D eigenvalue weighted by Crippen LogP contribution is -2.42. The highest BCUT2D eigenvalue weighted by Crippen LogP contribution is 2.36. The molecule has 0 unspecified atom stereocenters. The molecule has 0 atom stereocenters. The molecule has 2 heterocycles. The summed E-state index contributed by atoms with van der Waals surface area (Å²) in [7, 11) is 3.10. The van der Waals surface area contributed by atoms with Gasteiger partial charge in [-0.2, -0.15) is 0 Å². The van der Waals surface area contributed by atoms with Crippen LogP contribution in [0.15, 0.2) is 45.6 Å². The standard InChI is InChI=1S/C23H23NO7/c1-14-17-6-5-16(30-23(26)24-8-10-29-11-9-24)13-20(17)31-22(25)21(14)18-7-4-15(27-2)12-19(18)28-3/h4-7,12-13H,8-11H2,1-3H3. The van der Waals surface area contributed by atoms with Gasteiger partial charge in [-0.15, -0.1) is 0 Å². The number of morpholine rings is 1. The molecular formula is C23H23NO7. The molecule has 8 heteroatoms. The second-order valence-electron chi connectivity index (χ2n) is 7.08. The number of hydrogen-bond donors (Lipinski definition) is 0. The summed E-state index contributed by atoms with van der Waals surface area (Å²) in [6.07, 6.45) is -0.457. The maximum atomic E-state index is 12.9. The van der Waals surface area contributed by atoms with Crippen LogP contribution in [-0.2, 0) is 4.74 Å². The average Bonchev–Trinajstić information content (AvgIpc) is 2.79. The summed E-state index contributed by atoms with van der Waals surface area (Å²) < 4.78 is 27.0. The summed E-state index contributed by atoms with van der Waals surface area (Å²) in [5.41, 5.74) is 1.58. The summed E-state index contributed by atoms with van der Waals surface area (Å²) >= 11 is 0. The summed E-state index contributed by atoms with van der Waals surface area (Å²) in [4.78, 5) is 26.8. The van der Waals surface area contributed by atoms with Gasteiger partial charge in [0.25, 0.3) is 0 Å². The topological polar surface area (TPSA) is 87.4 Å². The summed E-state index contributed by atoms with van der Waals surface area (Å²) in [5.74, 6) is 1.43. The van der Waals surface area contributed by atoms with E-state index in [9.17, 15) is 9.59 Å². The minimum absolute atomic E-state index is 0.307. The molecule has 0 bridgehead atoms. The molecule has 1 fully saturated rings. The molecule has 31 heavy (non-hydrogen) atoms. The Morgan fingerprint density at radius 3 is 2.45 bits per heavy atom. The number of benzene rings is 2. The third-order valence-corrected chi connectivity index (χ3v) is 5.29. The van der Waals surface area contributed by atoms with Crippen LogP contribution in [0.5, 0.6) is 17.2 Å². The fourth-order valence-electron chi connectivity index (χ4n) is 3.63. The Morgan fingerprint density at radius 2 is 1.74 bits per heavy atom. The number of amides is 1. The van der Waals surface area contributed by atoms with Crippen molar-refractivity contribution in [2.45, 2.75) is 6.92 Å². The third kappa shape index (κ3) is 4.06. The Kier molecular flexibility index (Phi) is 5.81. The van der Waals surface area contributed by atoms with E-state index in [1.165, 1.54) is 7.11 Å². The molecule has 3 aromatic rings. The van der Waals surface area contributed by atoms with E-state index >= 15 is 0 Å². The third-order valence-electron chi connectivity index (χ3n) is 5.29. The zero-order chi connectivity index (χ0) is 22.0. The number of nitrogens with zero attached hydrogens (tertiary/aromatic N) is 1. The van der Waals surface area contributed by atoms with Crippen LogP contribution in [0.25, 0.3) is 22.1 Å². The highest BCUT2D eigenvalue weighted by Gasteiger charge is 2.21. The van der Waals surface area contributed by atoms with Crippen molar-refractivity contribution in [3.8, 4) is 28.4 Å². The molecule has 162 valence electrons. The van der Waals surface area contributed by atoms with Crippen molar-refractivity contribution in [1.29, 1.82) is 0 Å². The number of methoxy groups -OCH3 is 2. The van der Waals surface area contributed by atoms with Gasteiger partial charge in [-0.3, -0.25) is 0 Å². The molecule has 8 nitrogen and oxygen atoms in total. The van der Waals surface area contributed by atoms with Crippen LogP contribution in [0.1, 0.15) is 5.56 Å². The summed E-state index contributed by atoms with van der Waals surface area (Å²) in [6.45, 7) is 3.77. The van der Waals surface area contributed by atoms with Gasteiger partial charge in [-0.25, -0.2) is 9.59 Å². The zero-order valence-corrected chi connectivity index (χ0v) is 17.6. The molecule has 4 rings (SSSR count). The van der Waals surface area contributed by atoms with Crippen molar-refractivity contribution in [2.24, 2.45) is 0 Å². The Labute approximate surface area is 178 Å². The first-order chi connectivity index (χ1) is 15.0. The molecule has 0 radical (unpaired) electrons. The number of fused-ring (bicyclic) bond motifs is 1. The van der Waals surface area contributed by atoms with Gasteiger partial charge in [0.05, 0.1) is 33.0 Å². The summed E-state index contributed by atoms with van der Waals surface area (Å²) in [6, 6.07) is 10.2. The Morgan fingerprint density at radius 1 is 1.00 bits per heavy atom. The number of ether oxygens (including phenoxy) is 4. The van der Waals surface area contributed by atoms with E-state index < -0.39 is 11.7 Å². The van der Waals surface area contributed by atoms with Crippen LogP contribution in [0, 0.1) is 6.92 Å². The van der Waals surface area contributed by atoms with Crippen LogP contribution in [-0.4, -0.2) is 51.5 Å². The number of carbonyl (C=O) groups is 1. The van der Waals surface area contributed by atoms with Crippen molar-refractivity contribution >= 4 is 17.1 Å². The van der Waals surface area contributed by atoms with E-state index in [1.54, 1.807) is 48.4 Å². The maximum Gasteiger partial charge on any atom is 0.415 e. The van der Waals surface area contributed by atoms with Gasteiger partial charge in [-0.05, 0) is 36.8 Å². The normalized spacial score (nSPS) is 13.8. The predicted octanol–water partition coefficient (Wildman–Crippen LogP) is 3.62. The van der Waals surface area contributed by atoms with Crippen LogP contribution in [0.4, 0.5) is 4.79 Å². The molecule has 0 aliphatic carbocycles. The number of rotatable bonds is 4. The van der Waals surface area contributed by atoms with Gasteiger partial charge in [0.2, 0.25) is 0 Å². The van der Waals surface area contributed by atoms with E-state index in [1.807, 2.05) is 6.92 Å². The molecule has 1 saturated heterocycles. The molecular weight excluding hydrogens is 402 g/mol. The lowest BCUT2D eigenvalue weighted by molar-refractivity contribution is 0.0416. The minimum Gasteiger partial charge on any atom is -0.497 e. The van der Waals surface area contributed by atoms with E-state index in [0.29, 0.717) is 60.3 Å². The second-order valence-corrected chi connectivity index (χ2v) is 7.08. The Balaban J connectivity index is 1.71. The molecule has 1 aliphatic heterocycles. The van der Waals surface area contributed by atoms with Crippen molar-refractivity contribution in [3.05, 3.63) is 52.4 Å². The van der Waals surface area contributed by atoms with Gasteiger partial charge in [0, 0.05) is 36.2 Å². The SMILES string of the molecule is COc1ccc(-c2c(C)c3ccc(OC(=O)N4CCOCC4)cc3oc2=O)c(OC)c1. The van der Waals surface area contributed by atoms with Crippen molar-refractivity contribution in [2.75, 3.05) is 40.5 Å². The molecule has 0 saturated carbocycles. The summed E-state index contributed by atoms with van der Waals surface area (Å²) in [5, 5.41) is 0.735. The van der Waals surface area contributed by atoms with Gasteiger partial charge in [0.15, 0.2) is 0 Å². The first-order valence-corrected chi connectivity index (χ1v) is 9.86. The smallest absolute Gasteiger partial charge is 0.415 e. The molecule has 0 N–H and O–H groups in total. The maximum absolute atomic E-state index is 12.9. The van der Waals surface area contributed by atoms with E-state index in [4.69, 9.17) is 23.4 Å². The highest BCUT2D eigenvalue weighted by molar-refractivity contribution is 5.89. The Bertz CT molecular complexity index is 1180. The van der Waals surface area contributed by atoms with Crippen LogP contribution >= 0.6 is 0 Å². The van der Waals surface area contributed by atoms with E-state index in [-0.39, 0.29) is 0 Å². The molecule has 0 spiro atoms. The van der Waals surface area contributed by atoms with E-state index in [2.05, 4.69) is 0 Å². The fourth-order valence-corrected chi connectivity index (χ4v) is 3.63. The van der Waals surface area contributed by atoms with Gasteiger partial charge in [-0.1, -0.05) is 0 Å². The Hall–Kier alpha value is -3.52. The number of carbonyl (C=O) groups excluding carboxylic acids is 1. The van der Waals surface area contributed by atoms with Crippen molar-refractivity contribution in [3.63, 3.8) is 0 Å². The number of hydrogen-bond acceptors (Lipinski definition) is 7. The predicted molar refractivity (Wildman–Crippen MR) is 114 cm³/mol. The van der Waals surface area contributed by atoms with Crippen LogP contribution in [0.2, 0.25) is 0 Å². The quantitative estimate of drug-likeness (QED) is 0.590. The fraction of sp³-hybridized carbons (Fsp3) is 0.304. The second kappa shape index (κ2) is 8.69. The molecule has 1 aromatic heterocycles. The van der Waals surface area contributed by atoms with Crippen molar-refractivity contribution < 1.29 is 28.2 Å². The molecule has 1 amide bonds. The van der Waals surface area contributed by atoms with Crippen molar-refractivity contribution in [1.82, 2.24) is 4.90 Å².